The van der Waals surface area contributed by atoms with Gasteiger partial charge in [0.2, 0.25) is 0 Å². The topological polar surface area (TPSA) is 86.9 Å². The third kappa shape index (κ3) is 3.09. The molecular weight excluding hydrogens is 312 g/mol. The number of benzene rings is 1. The van der Waals surface area contributed by atoms with E-state index in [-0.39, 0.29) is 11.8 Å². The molecule has 118 valence electrons. The van der Waals surface area contributed by atoms with Gasteiger partial charge >= 0.3 is 0 Å². The van der Waals surface area contributed by atoms with Gasteiger partial charge in [-0.2, -0.15) is 5.10 Å². The summed E-state index contributed by atoms with van der Waals surface area (Å²) in [6, 6.07) is 9.07. The van der Waals surface area contributed by atoms with Crippen molar-refractivity contribution < 1.29 is 9.59 Å². The monoisotopic (exact) mass is 328 g/mol. The highest BCUT2D eigenvalue weighted by atomic mass is 32.1. The molecule has 0 aliphatic rings. The van der Waals surface area contributed by atoms with Crippen molar-refractivity contribution in [2.45, 2.75) is 13.8 Å². The second kappa shape index (κ2) is 6.21. The smallest absolute Gasteiger partial charge is 0.261 e. The number of amides is 2. The number of aromatic amines is 1. The SMILES string of the molecule is CCNC(=O)c1cc2c(NC(=O)c3cccc(C)c3)n[nH]c2s1. The summed E-state index contributed by atoms with van der Waals surface area (Å²) in [6.07, 6.45) is 0. The number of carbonyl (C=O) groups excluding carboxylic acids is 2. The minimum atomic E-state index is -0.229. The van der Waals surface area contributed by atoms with Crippen LogP contribution in [-0.4, -0.2) is 28.6 Å². The number of hydrogen-bond donors (Lipinski definition) is 3. The minimum Gasteiger partial charge on any atom is -0.352 e. The molecule has 23 heavy (non-hydrogen) atoms. The van der Waals surface area contributed by atoms with Crippen molar-refractivity contribution in [3.05, 3.63) is 46.3 Å². The molecule has 1 aromatic carbocycles. The Balaban J connectivity index is 1.85. The predicted octanol–water partition coefficient (Wildman–Crippen LogP) is 2.93. The lowest BCUT2D eigenvalue weighted by Gasteiger charge is -2.03. The summed E-state index contributed by atoms with van der Waals surface area (Å²) in [5.74, 6) is 0.0734. The van der Waals surface area contributed by atoms with Crippen LogP contribution >= 0.6 is 11.3 Å². The summed E-state index contributed by atoms with van der Waals surface area (Å²) in [6.45, 7) is 4.37. The highest BCUT2D eigenvalue weighted by molar-refractivity contribution is 7.20. The van der Waals surface area contributed by atoms with Gasteiger partial charge in [0.1, 0.15) is 4.83 Å². The molecule has 0 atom stereocenters. The molecule has 3 aromatic rings. The average molecular weight is 328 g/mol. The molecule has 0 saturated carbocycles. The van der Waals surface area contributed by atoms with E-state index in [1.54, 1.807) is 12.1 Å². The molecule has 0 bridgehead atoms. The summed E-state index contributed by atoms with van der Waals surface area (Å²) in [5, 5.41) is 13.2. The predicted molar refractivity (Wildman–Crippen MR) is 91.1 cm³/mol. The fraction of sp³-hybridized carbons (Fsp3) is 0.188. The Kier molecular flexibility index (Phi) is 4.12. The Morgan fingerprint density at radius 1 is 1.26 bits per heavy atom. The van der Waals surface area contributed by atoms with Crippen molar-refractivity contribution in [3.8, 4) is 0 Å². The molecule has 0 aliphatic carbocycles. The van der Waals surface area contributed by atoms with E-state index in [1.807, 2.05) is 32.0 Å². The number of nitrogens with one attached hydrogen (secondary N) is 3. The van der Waals surface area contributed by atoms with E-state index < -0.39 is 0 Å². The Bertz CT molecular complexity index is 881. The standard InChI is InChI=1S/C16H16N4O2S/c1-3-17-15(22)12-8-11-13(19-20-16(11)23-12)18-14(21)10-6-4-5-9(2)7-10/h4-8H,3H2,1-2H3,(H,17,22)(H2,18,19,20,21). The zero-order valence-electron chi connectivity index (χ0n) is 12.8. The Morgan fingerprint density at radius 3 is 2.83 bits per heavy atom. The van der Waals surface area contributed by atoms with Gasteiger partial charge in [0.25, 0.3) is 11.8 Å². The van der Waals surface area contributed by atoms with E-state index >= 15 is 0 Å². The van der Waals surface area contributed by atoms with Crippen LogP contribution in [0, 0.1) is 6.92 Å². The number of carbonyl (C=O) groups is 2. The molecule has 0 radical (unpaired) electrons. The van der Waals surface area contributed by atoms with E-state index in [0.29, 0.717) is 22.8 Å². The zero-order chi connectivity index (χ0) is 16.4. The summed E-state index contributed by atoms with van der Waals surface area (Å²) >= 11 is 1.31. The van der Waals surface area contributed by atoms with Crippen LogP contribution in [0.4, 0.5) is 5.82 Å². The lowest BCUT2D eigenvalue weighted by atomic mass is 10.1. The quantitative estimate of drug-likeness (QED) is 0.688. The van der Waals surface area contributed by atoms with Crippen LogP contribution in [0.5, 0.6) is 0 Å². The first-order valence-corrected chi connectivity index (χ1v) is 8.04. The number of aryl methyl sites for hydroxylation is 1. The second-order valence-corrected chi connectivity index (χ2v) is 6.16. The molecule has 0 aliphatic heterocycles. The van der Waals surface area contributed by atoms with E-state index in [1.165, 1.54) is 11.3 Å². The molecule has 2 amide bonds. The lowest BCUT2D eigenvalue weighted by Crippen LogP contribution is -2.21. The normalized spacial score (nSPS) is 10.7. The summed E-state index contributed by atoms with van der Waals surface area (Å²) < 4.78 is 0. The van der Waals surface area contributed by atoms with Gasteiger partial charge < -0.3 is 10.6 Å². The summed E-state index contributed by atoms with van der Waals surface area (Å²) in [5.41, 5.74) is 1.58. The molecule has 0 saturated heterocycles. The number of thiophene rings is 1. The Labute approximate surface area is 136 Å². The van der Waals surface area contributed by atoms with Gasteiger partial charge in [-0.15, -0.1) is 11.3 Å². The number of fused-ring (bicyclic) bond motifs is 1. The molecule has 7 heteroatoms. The van der Waals surface area contributed by atoms with E-state index in [0.717, 1.165) is 15.8 Å². The number of nitrogens with zero attached hydrogens (tertiary/aromatic N) is 1. The molecule has 2 aromatic heterocycles. The van der Waals surface area contributed by atoms with E-state index in [4.69, 9.17) is 0 Å². The second-order valence-electron chi connectivity index (χ2n) is 5.11. The number of aromatic nitrogens is 2. The van der Waals surface area contributed by atoms with E-state index in [9.17, 15) is 9.59 Å². The zero-order valence-corrected chi connectivity index (χ0v) is 13.6. The van der Waals surface area contributed by atoms with Gasteiger partial charge in [0, 0.05) is 12.1 Å². The van der Waals surface area contributed by atoms with Crippen molar-refractivity contribution in [3.63, 3.8) is 0 Å². The molecule has 3 N–H and O–H groups in total. The van der Waals surface area contributed by atoms with Gasteiger partial charge in [-0.1, -0.05) is 17.7 Å². The van der Waals surface area contributed by atoms with Crippen molar-refractivity contribution in [1.29, 1.82) is 0 Å². The number of H-pyrrole nitrogens is 1. The highest BCUT2D eigenvalue weighted by Crippen LogP contribution is 2.29. The number of anilines is 1. The van der Waals surface area contributed by atoms with Crippen molar-refractivity contribution in [1.82, 2.24) is 15.5 Å². The third-order valence-electron chi connectivity index (χ3n) is 3.33. The van der Waals surface area contributed by atoms with Crippen LogP contribution in [-0.2, 0) is 0 Å². The van der Waals surface area contributed by atoms with Gasteiger partial charge in [0.15, 0.2) is 5.82 Å². The van der Waals surface area contributed by atoms with Crippen LogP contribution in [0.25, 0.3) is 10.2 Å². The van der Waals surface area contributed by atoms with Crippen LogP contribution in [0.3, 0.4) is 0 Å². The molecule has 3 rings (SSSR count). The molecule has 0 fully saturated rings. The Hall–Kier alpha value is -2.67. The van der Waals surface area contributed by atoms with Crippen molar-refractivity contribution in [2.75, 3.05) is 11.9 Å². The maximum Gasteiger partial charge on any atom is 0.261 e. The van der Waals surface area contributed by atoms with Crippen LogP contribution in [0.15, 0.2) is 30.3 Å². The number of hydrogen-bond acceptors (Lipinski definition) is 4. The molecule has 2 heterocycles. The first kappa shape index (κ1) is 15.2. The van der Waals surface area contributed by atoms with E-state index in [2.05, 4.69) is 20.8 Å². The minimum absolute atomic E-state index is 0.127. The van der Waals surface area contributed by atoms with Crippen LogP contribution in [0.2, 0.25) is 0 Å². The molecule has 6 nitrogen and oxygen atoms in total. The van der Waals surface area contributed by atoms with Gasteiger partial charge in [-0.05, 0) is 32.0 Å². The number of rotatable bonds is 4. The maximum atomic E-state index is 12.3. The van der Waals surface area contributed by atoms with Crippen LogP contribution < -0.4 is 10.6 Å². The largest absolute Gasteiger partial charge is 0.352 e. The lowest BCUT2D eigenvalue weighted by molar-refractivity contribution is 0.0959. The summed E-state index contributed by atoms with van der Waals surface area (Å²) in [7, 11) is 0. The van der Waals surface area contributed by atoms with Crippen molar-refractivity contribution in [2.24, 2.45) is 0 Å². The third-order valence-corrected chi connectivity index (χ3v) is 4.37. The Morgan fingerprint density at radius 2 is 2.09 bits per heavy atom. The average Bonchev–Trinajstić information content (AvgIpc) is 3.09. The maximum absolute atomic E-state index is 12.3. The van der Waals surface area contributed by atoms with Gasteiger partial charge in [0.05, 0.1) is 10.3 Å². The molecular formula is C16H16N4O2S. The van der Waals surface area contributed by atoms with Crippen LogP contribution in [0.1, 0.15) is 32.5 Å². The first-order chi connectivity index (χ1) is 11.1. The first-order valence-electron chi connectivity index (χ1n) is 7.22. The van der Waals surface area contributed by atoms with Gasteiger partial charge in [-0.25, -0.2) is 0 Å². The fourth-order valence-electron chi connectivity index (χ4n) is 2.24. The molecule has 0 unspecified atom stereocenters. The van der Waals surface area contributed by atoms with Gasteiger partial charge in [-0.3, -0.25) is 14.7 Å². The van der Waals surface area contributed by atoms with Crippen molar-refractivity contribution >= 4 is 39.2 Å². The molecule has 0 spiro atoms. The summed E-state index contributed by atoms with van der Waals surface area (Å²) in [4.78, 5) is 25.5. The highest BCUT2D eigenvalue weighted by Gasteiger charge is 2.16. The fourth-order valence-corrected chi connectivity index (χ4v) is 3.16.